The Labute approximate surface area is 135 Å². The van der Waals surface area contributed by atoms with Crippen LogP contribution in [0.1, 0.15) is 35.3 Å². The molecule has 2 N–H and O–H groups in total. The van der Waals surface area contributed by atoms with Crippen LogP contribution in [0.3, 0.4) is 0 Å². The van der Waals surface area contributed by atoms with E-state index in [2.05, 4.69) is 34.6 Å². The topological polar surface area (TPSA) is 44.9 Å². The van der Waals surface area contributed by atoms with Crippen LogP contribution in [0.5, 0.6) is 0 Å². The lowest BCUT2D eigenvalue weighted by Crippen LogP contribution is -2.45. The highest BCUT2D eigenvalue weighted by Crippen LogP contribution is 2.43. The lowest BCUT2D eigenvalue weighted by Gasteiger charge is -2.42. The Bertz CT molecular complexity index is 798. The van der Waals surface area contributed by atoms with Gasteiger partial charge in [0.2, 0.25) is 0 Å². The van der Waals surface area contributed by atoms with Gasteiger partial charge in [-0.15, -0.1) is 0 Å². The van der Waals surface area contributed by atoms with Gasteiger partial charge in [0.15, 0.2) is 0 Å². The third-order valence-corrected chi connectivity index (χ3v) is 5.06. The molecule has 3 nitrogen and oxygen atoms in total. The van der Waals surface area contributed by atoms with E-state index in [1.807, 2.05) is 36.4 Å². The molecule has 4 rings (SSSR count). The van der Waals surface area contributed by atoms with Gasteiger partial charge in [0.1, 0.15) is 5.69 Å². The van der Waals surface area contributed by atoms with Crippen molar-refractivity contribution in [3.8, 4) is 0 Å². The minimum Gasteiger partial charge on any atom is -0.351 e. The molecule has 0 saturated heterocycles. The van der Waals surface area contributed by atoms with E-state index < -0.39 is 0 Å². The molecule has 1 aromatic heterocycles. The summed E-state index contributed by atoms with van der Waals surface area (Å²) < 4.78 is 0. The summed E-state index contributed by atoms with van der Waals surface area (Å²) in [5.74, 6) is -0.0246. The van der Waals surface area contributed by atoms with Crippen molar-refractivity contribution in [1.29, 1.82) is 0 Å². The minimum atomic E-state index is -0.0246. The van der Waals surface area contributed by atoms with Crippen LogP contribution < -0.4 is 5.32 Å². The van der Waals surface area contributed by atoms with Gasteiger partial charge in [-0.05, 0) is 30.5 Å². The van der Waals surface area contributed by atoms with Gasteiger partial charge in [0, 0.05) is 22.9 Å². The number of aromatic nitrogens is 1. The van der Waals surface area contributed by atoms with Crippen molar-refractivity contribution in [3.63, 3.8) is 0 Å². The zero-order valence-corrected chi connectivity index (χ0v) is 13.0. The predicted octanol–water partition coefficient (Wildman–Crippen LogP) is 4.02. The standard InChI is InChI=1S/C20H20N2O/c23-19(18-13-15-7-4-5-10-17(15)22-18)21-14-20(11-6-12-20)16-8-2-1-3-9-16/h1-5,7-10,13,22H,6,11-12,14H2,(H,21,23). The number of para-hydroxylation sites is 1. The molecule has 3 heteroatoms. The highest BCUT2D eigenvalue weighted by molar-refractivity contribution is 5.98. The first kappa shape index (κ1) is 14.1. The van der Waals surface area contributed by atoms with Crippen molar-refractivity contribution >= 4 is 16.8 Å². The third kappa shape index (κ3) is 2.52. The van der Waals surface area contributed by atoms with Crippen molar-refractivity contribution in [2.75, 3.05) is 6.54 Å². The Hall–Kier alpha value is -2.55. The van der Waals surface area contributed by atoms with E-state index >= 15 is 0 Å². The second-order valence-electron chi connectivity index (χ2n) is 6.45. The number of benzene rings is 2. The fourth-order valence-electron chi connectivity index (χ4n) is 3.50. The van der Waals surface area contributed by atoms with E-state index in [1.165, 1.54) is 12.0 Å². The highest BCUT2D eigenvalue weighted by atomic mass is 16.1. The maximum absolute atomic E-state index is 12.5. The monoisotopic (exact) mass is 304 g/mol. The van der Waals surface area contributed by atoms with Crippen LogP contribution in [0.2, 0.25) is 0 Å². The average Bonchev–Trinajstić information content (AvgIpc) is 2.99. The molecule has 0 spiro atoms. The van der Waals surface area contributed by atoms with Crippen LogP contribution in [0.15, 0.2) is 60.7 Å². The van der Waals surface area contributed by atoms with Crippen molar-refractivity contribution in [1.82, 2.24) is 10.3 Å². The third-order valence-electron chi connectivity index (χ3n) is 5.06. The molecule has 0 unspecified atom stereocenters. The SMILES string of the molecule is O=C(NCC1(c2ccccc2)CCC1)c1cc2ccccc2[nH]1. The molecule has 1 aliphatic rings. The molecule has 1 aliphatic carbocycles. The first-order valence-corrected chi connectivity index (χ1v) is 8.18. The summed E-state index contributed by atoms with van der Waals surface area (Å²) in [4.78, 5) is 15.7. The first-order chi connectivity index (χ1) is 11.3. The summed E-state index contributed by atoms with van der Waals surface area (Å²) in [6, 6.07) is 20.4. The Morgan fingerprint density at radius 1 is 1.04 bits per heavy atom. The number of H-pyrrole nitrogens is 1. The Morgan fingerprint density at radius 3 is 2.48 bits per heavy atom. The number of nitrogens with one attached hydrogen (secondary N) is 2. The molecule has 116 valence electrons. The maximum atomic E-state index is 12.5. The van der Waals surface area contributed by atoms with E-state index in [9.17, 15) is 4.79 Å². The van der Waals surface area contributed by atoms with E-state index in [1.54, 1.807) is 0 Å². The van der Waals surface area contributed by atoms with Gasteiger partial charge < -0.3 is 10.3 Å². The van der Waals surface area contributed by atoms with E-state index in [0.29, 0.717) is 12.2 Å². The smallest absolute Gasteiger partial charge is 0.267 e. The fraction of sp³-hybridized carbons (Fsp3) is 0.250. The van der Waals surface area contributed by atoms with E-state index in [4.69, 9.17) is 0 Å². The fourth-order valence-corrected chi connectivity index (χ4v) is 3.50. The van der Waals surface area contributed by atoms with Crippen LogP contribution >= 0.6 is 0 Å². The molecule has 0 radical (unpaired) electrons. The molecule has 1 fully saturated rings. The summed E-state index contributed by atoms with van der Waals surface area (Å²) in [5.41, 5.74) is 3.08. The van der Waals surface area contributed by atoms with Gasteiger partial charge in [-0.1, -0.05) is 55.0 Å². The molecule has 0 atom stereocenters. The molecule has 1 amide bonds. The van der Waals surface area contributed by atoms with Gasteiger partial charge in [0.25, 0.3) is 5.91 Å². The van der Waals surface area contributed by atoms with Gasteiger partial charge in [-0.2, -0.15) is 0 Å². The minimum absolute atomic E-state index is 0.0246. The van der Waals surface area contributed by atoms with Gasteiger partial charge in [0.05, 0.1) is 0 Å². The zero-order valence-electron chi connectivity index (χ0n) is 13.0. The van der Waals surface area contributed by atoms with Crippen molar-refractivity contribution < 1.29 is 4.79 Å². The summed E-state index contributed by atoms with van der Waals surface area (Å²) in [7, 11) is 0. The molecule has 3 aromatic rings. The quantitative estimate of drug-likeness (QED) is 0.751. The van der Waals surface area contributed by atoms with Gasteiger partial charge >= 0.3 is 0 Å². The number of fused-ring (bicyclic) bond motifs is 1. The summed E-state index contributed by atoms with van der Waals surface area (Å²) in [6.45, 7) is 0.700. The number of hydrogen-bond donors (Lipinski definition) is 2. The number of hydrogen-bond acceptors (Lipinski definition) is 1. The predicted molar refractivity (Wildman–Crippen MR) is 92.6 cm³/mol. The summed E-state index contributed by atoms with van der Waals surface area (Å²) in [5, 5.41) is 4.20. The maximum Gasteiger partial charge on any atom is 0.267 e. The number of rotatable bonds is 4. The molecule has 2 aromatic carbocycles. The molecule has 1 heterocycles. The van der Waals surface area contributed by atoms with Crippen molar-refractivity contribution in [2.45, 2.75) is 24.7 Å². The number of amides is 1. The lowest BCUT2D eigenvalue weighted by molar-refractivity contribution is 0.0923. The van der Waals surface area contributed by atoms with E-state index in [-0.39, 0.29) is 11.3 Å². The average molecular weight is 304 g/mol. The van der Waals surface area contributed by atoms with Crippen LogP contribution in [-0.4, -0.2) is 17.4 Å². The molecule has 23 heavy (non-hydrogen) atoms. The van der Waals surface area contributed by atoms with Crippen LogP contribution in [0.4, 0.5) is 0 Å². The van der Waals surface area contributed by atoms with Crippen LogP contribution in [0, 0.1) is 0 Å². The molecule has 0 aliphatic heterocycles. The number of carbonyl (C=O) groups excluding carboxylic acids is 1. The Kier molecular flexibility index (Phi) is 3.41. The number of carbonyl (C=O) groups is 1. The summed E-state index contributed by atoms with van der Waals surface area (Å²) in [6.07, 6.45) is 3.52. The van der Waals surface area contributed by atoms with Crippen LogP contribution in [-0.2, 0) is 5.41 Å². The molecular formula is C20H20N2O. The van der Waals surface area contributed by atoms with Crippen molar-refractivity contribution in [3.05, 3.63) is 71.9 Å². The second kappa shape index (κ2) is 5.58. The van der Waals surface area contributed by atoms with Crippen molar-refractivity contribution in [2.24, 2.45) is 0 Å². The largest absolute Gasteiger partial charge is 0.351 e. The first-order valence-electron chi connectivity index (χ1n) is 8.18. The van der Waals surface area contributed by atoms with Gasteiger partial charge in [-0.3, -0.25) is 4.79 Å². The number of aromatic amines is 1. The summed E-state index contributed by atoms with van der Waals surface area (Å²) >= 11 is 0. The van der Waals surface area contributed by atoms with E-state index in [0.717, 1.165) is 23.7 Å². The second-order valence-corrected chi connectivity index (χ2v) is 6.45. The zero-order chi connectivity index (χ0) is 15.7. The van der Waals surface area contributed by atoms with Gasteiger partial charge in [-0.25, -0.2) is 0 Å². The molecular weight excluding hydrogens is 284 g/mol. The Morgan fingerprint density at radius 2 is 1.78 bits per heavy atom. The molecule has 0 bridgehead atoms. The lowest BCUT2D eigenvalue weighted by atomic mass is 9.64. The highest BCUT2D eigenvalue weighted by Gasteiger charge is 2.38. The molecule has 1 saturated carbocycles. The Balaban J connectivity index is 1.50. The van der Waals surface area contributed by atoms with Crippen LogP contribution in [0.25, 0.3) is 10.9 Å². The normalized spacial score (nSPS) is 16.0.